The Bertz CT molecular complexity index is 750. The zero-order valence-electron chi connectivity index (χ0n) is 13.6. The molecule has 0 aromatic heterocycles. The van der Waals surface area contributed by atoms with E-state index in [-0.39, 0.29) is 11.0 Å². The normalized spacial score (nSPS) is 10.1. The van der Waals surface area contributed by atoms with E-state index in [2.05, 4.69) is 26.6 Å². The van der Waals surface area contributed by atoms with E-state index >= 15 is 0 Å². The van der Waals surface area contributed by atoms with Crippen LogP contribution in [0, 0.1) is 6.92 Å². The molecule has 0 aliphatic carbocycles. The average Bonchev–Trinajstić information content (AvgIpc) is 2.55. The van der Waals surface area contributed by atoms with Gasteiger partial charge >= 0.3 is 0 Å². The lowest BCUT2D eigenvalue weighted by molar-refractivity contribution is 0.0977. The number of hydrogen-bond donors (Lipinski definition) is 2. The van der Waals surface area contributed by atoms with Gasteiger partial charge in [-0.05, 0) is 77.4 Å². The number of hydrogen-bond acceptors (Lipinski definition) is 3. The number of nitrogens with one attached hydrogen (secondary N) is 2. The van der Waals surface area contributed by atoms with Crippen LogP contribution in [0.5, 0.6) is 5.75 Å². The summed E-state index contributed by atoms with van der Waals surface area (Å²) >= 11 is 8.68. The Morgan fingerprint density at radius 3 is 2.75 bits per heavy atom. The summed E-state index contributed by atoms with van der Waals surface area (Å²) < 4.78 is 6.42. The minimum Gasteiger partial charge on any atom is -0.494 e. The number of amides is 1. The molecule has 24 heavy (non-hydrogen) atoms. The molecule has 0 radical (unpaired) electrons. The molecule has 2 aromatic rings. The van der Waals surface area contributed by atoms with Crippen LogP contribution < -0.4 is 15.4 Å². The molecular formula is C18H19BrN2O2S. The third-order valence-corrected chi connectivity index (χ3v) is 4.03. The zero-order chi connectivity index (χ0) is 17.5. The van der Waals surface area contributed by atoms with Crippen molar-refractivity contribution in [1.82, 2.24) is 5.32 Å². The molecule has 2 aromatic carbocycles. The van der Waals surface area contributed by atoms with Crippen LogP contribution in [0.4, 0.5) is 5.69 Å². The van der Waals surface area contributed by atoms with Crippen LogP contribution in [0.2, 0.25) is 0 Å². The van der Waals surface area contributed by atoms with Gasteiger partial charge in [0, 0.05) is 10.0 Å². The van der Waals surface area contributed by atoms with Gasteiger partial charge in [0.1, 0.15) is 5.75 Å². The summed E-state index contributed by atoms with van der Waals surface area (Å²) in [5, 5.41) is 5.92. The summed E-state index contributed by atoms with van der Waals surface area (Å²) in [6, 6.07) is 12.9. The van der Waals surface area contributed by atoms with Crippen molar-refractivity contribution in [3.63, 3.8) is 0 Å². The molecule has 4 nitrogen and oxygen atoms in total. The highest BCUT2D eigenvalue weighted by Crippen LogP contribution is 2.23. The van der Waals surface area contributed by atoms with E-state index in [0.29, 0.717) is 17.9 Å². The Kier molecular flexibility index (Phi) is 6.75. The molecule has 0 spiro atoms. The SMILES string of the molecule is CCCOc1cccc(C(=O)NC(=S)Nc2ccc(C)cc2Br)c1. The number of carbonyl (C=O) groups excluding carboxylic acids is 1. The molecule has 0 aliphatic rings. The third-order valence-electron chi connectivity index (χ3n) is 3.17. The summed E-state index contributed by atoms with van der Waals surface area (Å²) in [5.74, 6) is 0.391. The molecule has 0 aliphatic heterocycles. The van der Waals surface area contributed by atoms with Crippen LogP contribution in [0.25, 0.3) is 0 Å². The van der Waals surface area contributed by atoms with Gasteiger partial charge in [0.15, 0.2) is 5.11 Å². The van der Waals surface area contributed by atoms with Gasteiger partial charge in [0.05, 0.1) is 12.3 Å². The van der Waals surface area contributed by atoms with Crippen molar-refractivity contribution in [3.05, 3.63) is 58.1 Å². The molecule has 0 fully saturated rings. The number of aryl methyl sites for hydroxylation is 1. The monoisotopic (exact) mass is 406 g/mol. The number of benzene rings is 2. The lowest BCUT2D eigenvalue weighted by Gasteiger charge is -2.12. The van der Waals surface area contributed by atoms with Crippen molar-refractivity contribution < 1.29 is 9.53 Å². The fourth-order valence-corrected chi connectivity index (χ4v) is 2.79. The van der Waals surface area contributed by atoms with E-state index in [1.807, 2.05) is 38.1 Å². The second kappa shape index (κ2) is 8.80. The highest BCUT2D eigenvalue weighted by molar-refractivity contribution is 9.10. The molecule has 0 atom stereocenters. The summed E-state index contributed by atoms with van der Waals surface area (Å²) in [7, 11) is 0. The maximum atomic E-state index is 12.3. The van der Waals surface area contributed by atoms with Gasteiger partial charge in [-0.3, -0.25) is 10.1 Å². The third kappa shape index (κ3) is 5.32. The van der Waals surface area contributed by atoms with Crippen molar-refractivity contribution in [2.75, 3.05) is 11.9 Å². The number of thiocarbonyl (C=S) groups is 1. The summed E-state index contributed by atoms with van der Waals surface area (Å²) in [4.78, 5) is 12.3. The molecule has 2 rings (SSSR count). The van der Waals surface area contributed by atoms with Gasteiger partial charge in [-0.1, -0.05) is 19.1 Å². The Balaban J connectivity index is 1.99. The van der Waals surface area contributed by atoms with Crippen LogP contribution in [0.15, 0.2) is 46.9 Å². The van der Waals surface area contributed by atoms with Crippen LogP contribution in [0.1, 0.15) is 29.3 Å². The van der Waals surface area contributed by atoms with Gasteiger partial charge in [-0.15, -0.1) is 0 Å². The quantitative estimate of drug-likeness (QED) is 0.708. The first-order chi connectivity index (χ1) is 11.5. The van der Waals surface area contributed by atoms with Crippen molar-refractivity contribution in [2.45, 2.75) is 20.3 Å². The molecule has 6 heteroatoms. The van der Waals surface area contributed by atoms with Crippen molar-refractivity contribution in [2.24, 2.45) is 0 Å². The van der Waals surface area contributed by atoms with Gasteiger partial charge in [0.25, 0.3) is 5.91 Å². The van der Waals surface area contributed by atoms with Crippen LogP contribution in [-0.4, -0.2) is 17.6 Å². The van der Waals surface area contributed by atoms with E-state index in [4.69, 9.17) is 17.0 Å². The second-order valence-corrected chi connectivity index (χ2v) is 6.53. The molecule has 0 bridgehead atoms. The first-order valence-electron chi connectivity index (χ1n) is 7.61. The largest absolute Gasteiger partial charge is 0.494 e. The zero-order valence-corrected chi connectivity index (χ0v) is 16.0. The number of carbonyl (C=O) groups is 1. The molecule has 1 amide bonds. The predicted molar refractivity (Wildman–Crippen MR) is 105 cm³/mol. The van der Waals surface area contributed by atoms with Crippen molar-refractivity contribution in [1.29, 1.82) is 0 Å². The second-order valence-electron chi connectivity index (χ2n) is 5.27. The van der Waals surface area contributed by atoms with E-state index < -0.39 is 0 Å². The molecular weight excluding hydrogens is 388 g/mol. The Labute approximate surface area is 155 Å². The Hall–Kier alpha value is -1.92. The highest BCUT2D eigenvalue weighted by atomic mass is 79.9. The van der Waals surface area contributed by atoms with Gasteiger partial charge < -0.3 is 10.1 Å². The van der Waals surface area contributed by atoms with Crippen molar-refractivity contribution in [3.8, 4) is 5.75 Å². The summed E-state index contributed by atoms with van der Waals surface area (Å²) in [5.41, 5.74) is 2.42. The molecule has 126 valence electrons. The van der Waals surface area contributed by atoms with E-state index in [1.165, 1.54) is 0 Å². The molecule has 0 heterocycles. The topological polar surface area (TPSA) is 50.4 Å². The van der Waals surface area contributed by atoms with Crippen molar-refractivity contribution >= 4 is 44.9 Å². The smallest absolute Gasteiger partial charge is 0.257 e. The fourth-order valence-electron chi connectivity index (χ4n) is 2.00. The van der Waals surface area contributed by atoms with Gasteiger partial charge in [-0.25, -0.2) is 0 Å². The number of anilines is 1. The van der Waals surface area contributed by atoms with Crippen LogP contribution >= 0.6 is 28.1 Å². The van der Waals surface area contributed by atoms with E-state index in [9.17, 15) is 4.79 Å². The average molecular weight is 407 g/mol. The Morgan fingerprint density at radius 1 is 1.25 bits per heavy atom. The maximum absolute atomic E-state index is 12.3. The van der Waals surface area contributed by atoms with Crippen LogP contribution in [0.3, 0.4) is 0 Å². The molecule has 0 unspecified atom stereocenters. The van der Waals surface area contributed by atoms with Gasteiger partial charge in [-0.2, -0.15) is 0 Å². The number of ether oxygens (including phenoxy) is 1. The minimum absolute atomic E-state index is 0.240. The molecule has 0 saturated carbocycles. The maximum Gasteiger partial charge on any atom is 0.257 e. The lowest BCUT2D eigenvalue weighted by atomic mass is 10.2. The van der Waals surface area contributed by atoms with Gasteiger partial charge in [0.2, 0.25) is 0 Å². The highest BCUT2D eigenvalue weighted by Gasteiger charge is 2.10. The molecule has 2 N–H and O–H groups in total. The summed E-state index contributed by atoms with van der Waals surface area (Å²) in [6.07, 6.45) is 0.913. The van der Waals surface area contributed by atoms with E-state index in [1.54, 1.807) is 18.2 Å². The molecule has 0 saturated heterocycles. The first-order valence-corrected chi connectivity index (χ1v) is 8.81. The number of halogens is 1. The summed E-state index contributed by atoms with van der Waals surface area (Å²) in [6.45, 7) is 4.65. The number of rotatable bonds is 5. The van der Waals surface area contributed by atoms with Crippen LogP contribution in [-0.2, 0) is 0 Å². The lowest BCUT2D eigenvalue weighted by Crippen LogP contribution is -2.34. The standard InChI is InChI=1S/C18H19BrN2O2S/c1-3-9-23-14-6-4-5-13(11-14)17(22)21-18(24)20-16-8-7-12(2)10-15(16)19/h4-8,10-11H,3,9H2,1-2H3,(H2,20,21,22,24). The Morgan fingerprint density at radius 2 is 2.04 bits per heavy atom. The minimum atomic E-state index is -0.280. The fraction of sp³-hybridized carbons (Fsp3) is 0.222. The van der Waals surface area contributed by atoms with E-state index in [0.717, 1.165) is 22.1 Å². The predicted octanol–water partition coefficient (Wildman–Crippen LogP) is 4.67. The first kappa shape index (κ1) is 18.4.